The molecular formula is C49H78N2O3. The standard InChI is InChI=1S/C49H78N2O3/c1-34(2)14-12-15-35(3)16-13-17-36(4)20-27-50-28-30-51(31-29-50)43(54)46(8)24-23-45(7)25-26-47(9)37(38(45)33-46)32-39(52)42-48(47,10)22-18-40-44(5,6)21-19-41(53)49(40,42)11/h14,16,20,32,38,40-42,53H,12-13,15,17-19,21-31,33H2,1-11H3/t38-,40?,41?,42?,45+,46?,47+,48+,49+/m0/s1. The van der Waals surface area contributed by atoms with E-state index in [1.807, 2.05) is 0 Å². The van der Waals surface area contributed by atoms with Gasteiger partial charge in [0.25, 0.3) is 0 Å². The Labute approximate surface area is 330 Å². The van der Waals surface area contributed by atoms with E-state index in [0.717, 1.165) is 116 Å². The first kappa shape index (κ1) is 41.6. The van der Waals surface area contributed by atoms with Crippen molar-refractivity contribution in [3.8, 4) is 0 Å². The predicted octanol–water partition coefficient (Wildman–Crippen LogP) is 10.9. The van der Waals surface area contributed by atoms with Crippen molar-refractivity contribution in [2.24, 2.45) is 50.2 Å². The number of ketones is 1. The molecule has 0 aromatic heterocycles. The van der Waals surface area contributed by atoms with E-state index in [9.17, 15) is 14.7 Å². The van der Waals surface area contributed by atoms with Crippen LogP contribution in [0, 0.1) is 50.2 Å². The number of amides is 1. The summed E-state index contributed by atoms with van der Waals surface area (Å²) in [7, 11) is 0. The van der Waals surface area contributed by atoms with Gasteiger partial charge in [0.05, 0.1) is 6.10 Å². The first-order valence-corrected chi connectivity index (χ1v) is 22.1. The van der Waals surface area contributed by atoms with Crippen molar-refractivity contribution in [1.29, 1.82) is 0 Å². The second-order valence-corrected chi connectivity index (χ2v) is 21.7. The molecule has 4 unspecified atom stereocenters. The third-order valence-corrected chi connectivity index (χ3v) is 17.5. The normalized spacial score (nSPS) is 41.2. The van der Waals surface area contributed by atoms with Crippen molar-refractivity contribution in [1.82, 2.24) is 9.80 Å². The van der Waals surface area contributed by atoms with Crippen LogP contribution in [-0.2, 0) is 9.59 Å². The van der Waals surface area contributed by atoms with Gasteiger partial charge in [-0.2, -0.15) is 0 Å². The van der Waals surface area contributed by atoms with Crippen LogP contribution in [0.5, 0.6) is 0 Å². The van der Waals surface area contributed by atoms with Gasteiger partial charge in [0.1, 0.15) is 0 Å². The van der Waals surface area contributed by atoms with Crippen molar-refractivity contribution in [2.45, 2.75) is 166 Å². The second-order valence-electron chi connectivity index (χ2n) is 21.7. The van der Waals surface area contributed by atoms with Gasteiger partial charge in [-0.3, -0.25) is 14.5 Å². The van der Waals surface area contributed by atoms with Gasteiger partial charge in [0, 0.05) is 49.5 Å². The van der Waals surface area contributed by atoms with E-state index >= 15 is 0 Å². The predicted molar refractivity (Wildman–Crippen MR) is 224 cm³/mol. The summed E-state index contributed by atoms with van der Waals surface area (Å²) < 4.78 is 0. The number of aliphatic hydroxyl groups is 1. The fraction of sp³-hybridized carbons (Fsp3) is 0.796. The number of carbonyl (C=O) groups excluding carboxylic acids is 2. The van der Waals surface area contributed by atoms with Crippen LogP contribution >= 0.6 is 0 Å². The third kappa shape index (κ3) is 7.22. The van der Waals surface area contributed by atoms with Crippen molar-refractivity contribution in [3.05, 3.63) is 46.6 Å². The summed E-state index contributed by atoms with van der Waals surface area (Å²) in [6.07, 6.45) is 22.3. The van der Waals surface area contributed by atoms with Gasteiger partial charge in [-0.15, -0.1) is 0 Å². The number of aliphatic hydroxyl groups excluding tert-OH is 1. The highest BCUT2D eigenvalue weighted by atomic mass is 16.3. The van der Waals surface area contributed by atoms with Crippen molar-refractivity contribution in [3.63, 3.8) is 0 Å². The van der Waals surface area contributed by atoms with Gasteiger partial charge in [0.2, 0.25) is 5.91 Å². The number of hydrogen-bond donors (Lipinski definition) is 1. The van der Waals surface area contributed by atoms with Crippen molar-refractivity contribution < 1.29 is 14.7 Å². The summed E-state index contributed by atoms with van der Waals surface area (Å²) in [5.41, 5.74) is 4.81. The van der Waals surface area contributed by atoms with Gasteiger partial charge < -0.3 is 10.0 Å². The van der Waals surface area contributed by atoms with E-state index < -0.39 is 16.9 Å². The third-order valence-electron chi connectivity index (χ3n) is 17.5. The number of carbonyl (C=O) groups is 2. The Kier molecular flexibility index (Phi) is 11.6. The van der Waals surface area contributed by atoms with Crippen LogP contribution in [0.1, 0.15) is 160 Å². The molecule has 302 valence electrons. The number of fused-ring (bicyclic) bond motifs is 7. The maximum Gasteiger partial charge on any atom is 0.228 e. The lowest BCUT2D eigenvalue weighted by molar-refractivity contribution is -0.216. The summed E-state index contributed by atoms with van der Waals surface area (Å²) >= 11 is 0. The Balaban J connectivity index is 1.11. The Morgan fingerprint density at radius 2 is 1.43 bits per heavy atom. The first-order valence-electron chi connectivity index (χ1n) is 22.1. The van der Waals surface area contributed by atoms with Gasteiger partial charge in [-0.05, 0) is 151 Å². The molecule has 0 spiro atoms. The molecule has 0 aromatic rings. The zero-order valence-electron chi connectivity index (χ0n) is 36.5. The summed E-state index contributed by atoms with van der Waals surface area (Å²) in [6.45, 7) is 29.9. The molecule has 0 radical (unpaired) electrons. The first-order chi connectivity index (χ1) is 25.2. The van der Waals surface area contributed by atoms with Crippen LogP contribution in [0.3, 0.4) is 0 Å². The molecule has 0 bridgehead atoms. The van der Waals surface area contributed by atoms with E-state index in [4.69, 9.17) is 0 Å². The summed E-state index contributed by atoms with van der Waals surface area (Å²) in [4.78, 5) is 34.0. The van der Waals surface area contributed by atoms with Crippen LogP contribution < -0.4 is 0 Å². The van der Waals surface area contributed by atoms with Crippen molar-refractivity contribution >= 4 is 11.7 Å². The van der Waals surface area contributed by atoms with E-state index in [1.165, 1.54) is 22.3 Å². The molecule has 6 aliphatic rings. The molecule has 9 atom stereocenters. The molecule has 1 N–H and O–H groups in total. The Hall–Kier alpha value is -1.98. The van der Waals surface area contributed by atoms with Crippen LogP contribution in [0.4, 0.5) is 0 Å². The zero-order valence-corrected chi connectivity index (χ0v) is 36.5. The highest BCUT2D eigenvalue weighted by molar-refractivity contribution is 5.96. The topological polar surface area (TPSA) is 60.9 Å². The molecule has 5 aliphatic carbocycles. The largest absolute Gasteiger partial charge is 0.393 e. The van der Waals surface area contributed by atoms with Crippen LogP contribution in [0.15, 0.2) is 46.6 Å². The highest BCUT2D eigenvalue weighted by Gasteiger charge is 2.71. The lowest BCUT2D eigenvalue weighted by Crippen LogP contribution is -2.68. The van der Waals surface area contributed by atoms with Gasteiger partial charge in [-0.25, -0.2) is 0 Å². The molecule has 1 saturated heterocycles. The summed E-state index contributed by atoms with van der Waals surface area (Å²) in [5.74, 6) is 1.02. The van der Waals surface area contributed by atoms with Gasteiger partial charge >= 0.3 is 0 Å². The number of allylic oxidation sites excluding steroid dienone is 7. The van der Waals surface area contributed by atoms with Gasteiger partial charge in [-0.1, -0.05) is 89.0 Å². The SMILES string of the molecule is CC(C)=CCCC(C)=CCCC(C)=CCN1CCN(C(=O)C2(C)CC[C@]3(C)CC[C@]4(C)C(=CC(=O)C5[C@@]6(C)C(O)CCC(C)(C)C6CC[C@]54C)[C@@H]3C2)CC1. The van der Waals surface area contributed by atoms with E-state index in [1.54, 1.807) is 0 Å². The minimum absolute atomic E-state index is 0.107. The molecule has 54 heavy (non-hydrogen) atoms. The van der Waals surface area contributed by atoms with Crippen molar-refractivity contribution in [2.75, 3.05) is 32.7 Å². The Morgan fingerprint density at radius 1 is 0.796 bits per heavy atom. The fourth-order valence-corrected chi connectivity index (χ4v) is 13.5. The summed E-state index contributed by atoms with van der Waals surface area (Å²) in [6, 6.07) is 0. The Bertz CT molecular complexity index is 1570. The fourth-order valence-electron chi connectivity index (χ4n) is 13.5. The quantitative estimate of drug-likeness (QED) is 0.239. The monoisotopic (exact) mass is 743 g/mol. The van der Waals surface area contributed by atoms with E-state index in [-0.39, 0.29) is 39.3 Å². The average molecular weight is 743 g/mol. The van der Waals surface area contributed by atoms with E-state index in [0.29, 0.717) is 11.8 Å². The number of hydrogen-bond acceptors (Lipinski definition) is 4. The molecule has 6 rings (SSSR count). The number of nitrogens with zero attached hydrogens (tertiary/aromatic N) is 2. The molecule has 5 heteroatoms. The second kappa shape index (κ2) is 15.1. The molecule has 1 heterocycles. The molecular weight excluding hydrogens is 665 g/mol. The maximum atomic E-state index is 14.8. The zero-order chi connectivity index (χ0) is 39.5. The van der Waals surface area contributed by atoms with E-state index in [2.05, 4.69) is 110 Å². The van der Waals surface area contributed by atoms with Crippen LogP contribution in [-0.4, -0.2) is 65.4 Å². The molecule has 5 fully saturated rings. The molecule has 1 amide bonds. The molecule has 4 saturated carbocycles. The number of piperazine rings is 1. The summed E-state index contributed by atoms with van der Waals surface area (Å²) in [5, 5.41) is 11.8. The number of rotatable bonds is 9. The molecule has 0 aromatic carbocycles. The minimum atomic E-state index is -0.438. The maximum absolute atomic E-state index is 14.8. The lowest BCUT2D eigenvalue weighted by Gasteiger charge is -2.70. The lowest BCUT2D eigenvalue weighted by atomic mass is 9.33. The molecule has 5 nitrogen and oxygen atoms in total. The highest BCUT2D eigenvalue weighted by Crippen LogP contribution is 2.75. The van der Waals surface area contributed by atoms with Gasteiger partial charge in [0.15, 0.2) is 5.78 Å². The minimum Gasteiger partial charge on any atom is -0.393 e. The Morgan fingerprint density at radius 3 is 2.09 bits per heavy atom. The van der Waals surface area contributed by atoms with Crippen LogP contribution in [0.25, 0.3) is 0 Å². The van der Waals surface area contributed by atoms with Crippen LogP contribution in [0.2, 0.25) is 0 Å². The average Bonchev–Trinajstić information content (AvgIpc) is 3.10. The molecule has 1 aliphatic heterocycles. The smallest absolute Gasteiger partial charge is 0.228 e.